The van der Waals surface area contributed by atoms with Crippen LogP contribution in [0.1, 0.15) is 24.9 Å². The molecule has 5 rings (SSSR count). The van der Waals surface area contributed by atoms with E-state index >= 15 is 0 Å². The van der Waals surface area contributed by atoms with Crippen molar-refractivity contribution in [3.8, 4) is 22.8 Å². The van der Waals surface area contributed by atoms with E-state index in [-0.39, 0.29) is 24.0 Å². The number of methoxy groups -OCH3 is 2. The quantitative estimate of drug-likeness (QED) is 0.350. The van der Waals surface area contributed by atoms with Crippen molar-refractivity contribution in [1.29, 1.82) is 0 Å². The van der Waals surface area contributed by atoms with Crippen LogP contribution in [0.2, 0.25) is 10.0 Å². The first-order valence-electron chi connectivity index (χ1n) is 12.0. The third kappa shape index (κ3) is 4.66. The van der Waals surface area contributed by atoms with Gasteiger partial charge in [-0.25, -0.2) is 9.97 Å². The maximum absolute atomic E-state index is 11.9. The van der Waals surface area contributed by atoms with E-state index in [0.29, 0.717) is 52.8 Å². The highest BCUT2D eigenvalue weighted by Crippen LogP contribution is 2.55. The Bertz CT molecular complexity index is 1360. The number of hydrogen-bond donors (Lipinski definition) is 2. The summed E-state index contributed by atoms with van der Waals surface area (Å²) in [6.45, 7) is 6.58. The zero-order valence-corrected chi connectivity index (χ0v) is 23.4. The van der Waals surface area contributed by atoms with Crippen LogP contribution in [0, 0.1) is 0 Å². The van der Waals surface area contributed by atoms with Gasteiger partial charge in [-0.2, -0.15) is 0 Å². The van der Waals surface area contributed by atoms with Gasteiger partial charge in [0.2, 0.25) is 11.9 Å². The SMILES string of the molecule is C=CC(=O)NC1CCOCC1Nc1ncc2c(n1)-c1cscc1N(c1c(Cl)c(OC)cc(OC)c1Cl)C2C. The monoisotopic (exact) mass is 575 g/mol. The van der Waals surface area contributed by atoms with Gasteiger partial charge in [-0.05, 0) is 19.4 Å². The van der Waals surface area contributed by atoms with Crippen LogP contribution in [-0.4, -0.2) is 55.4 Å². The number of carbonyl (C=O) groups is 1. The highest BCUT2D eigenvalue weighted by molar-refractivity contribution is 7.08. The number of benzene rings is 1. The van der Waals surface area contributed by atoms with Gasteiger partial charge >= 0.3 is 0 Å². The van der Waals surface area contributed by atoms with Crippen LogP contribution in [0.4, 0.5) is 17.3 Å². The second-order valence-corrected chi connectivity index (χ2v) is 10.4. The number of aromatic nitrogens is 2. The molecule has 1 saturated heterocycles. The summed E-state index contributed by atoms with van der Waals surface area (Å²) in [5.74, 6) is 1.15. The van der Waals surface area contributed by atoms with E-state index in [9.17, 15) is 4.79 Å². The zero-order chi connectivity index (χ0) is 27.0. The van der Waals surface area contributed by atoms with Crippen molar-refractivity contribution in [2.75, 3.05) is 37.7 Å². The molecule has 1 aromatic carbocycles. The maximum atomic E-state index is 11.9. The van der Waals surface area contributed by atoms with Gasteiger partial charge in [0.1, 0.15) is 21.5 Å². The number of thiophene rings is 1. The lowest BCUT2D eigenvalue weighted by Gasteiger charge is -2.38. The standard InChI is InChI=1S/C26H27Cl2N5O4S/c1-5-21(34)30-16-6-7-37-10-17(16)31-26-29-9-14-13(2)33(18-12-38-11-15(18)24(14)32-26)25-22(27)19(35-3)8-20(36-4)23(25)28/h5,8-9,11-13,16-17H,1,6-7,10H2,2-4H3,(H,30,34)(H,29,31,32). The van der Waals surface area contributed by atoms with E-state index in [2.05, 4.69) is 27.1 Å². The summed E-state index contributed by atoms with van der Waals surface area (Å²) in [5.41, 5.74) is 4.15. The smallest absolute Gasteiger partial charge is 0.243 e. The third-order valence-corrected chi connectivity index (χ3v) is 8.25. The molecule has 0 aliphatic carbocycles. The van der Waals surface area contributed by atoms with Crippen molar-refractivity contribution in [3.63, 3.8) is 0 Å². The molecule has 0 bridgehead atoms. The third-order valence-electron chi connectivity index (χ3n) is 6.79. The van der Waals surface area contributed by atoms with E-state index in [1.54, 1.807) is 31.6 Å². The van der Waals surface area contributed by atoms with Gasteiger partial charge in [-0.1, -0.05) is 29.8 Å². The van der Waals surface area contributed by atoms with Crippen LogP contribution in [-0.2, 0) is 9.53 Å². The minimum atomic E-state index is -0.224. The van der Waals surface area contributed by atoms with Crippen molar-refractivity contribution in [1.82, 2.24) is 15.3 Å². The van der Waals surface area contributed by atoms with Gasteiger partial charge < -0.3 is 29.7 Å². The van der Waals surface area contributed by atoms with Gasteiger partial charge in [0, 0.05) is 40.8 Å². The molecular weight excluding hydrogens is 549 g/mol. The van der Waals surface area contributed by atoms with Crippen LogP contribution in [0.25, 0.3) is 11.3 Å². The largest absolute Gasteiger partial charge is 0.495 e. The van der Waals surface area contributed by atoms with Gasteiger partial charge in [-0.3, -0.25) is 4.79 Å². The molecule has 2 N–H and O–H groups in total. The molecule has 3 aromatic rings. The molecule has 1 fully saturated rings. The van der Waals surface area contributed by atoms with Crippen molar-refractivity contribution in [2.45, 2.75) is 31.5 Å². The Morgan fingerprint density at radius 2 is 1.97 bits per heavy atom. The average molecular weight is 577 g/mol. The molecule has 38 heavy (non-hydrogen) atoms. The fourth-order valence-corrected chi connectivity index (χ4v) is 6.33. The molecule has 200 valence electrons. The summed E-state index contributed by atoms with van der Waals surface area (Å²) in [7, 11) is 3.10. The predicted octanol–water partition coefficient (Wildman–Crippen LogP) is 5.61. The Balaban J connectivity index is 1.52. The molecule has 3 atom stereocenters. The molecule has 4 heterocycles. The van der Waals surface area contributed by atoms with E-state index in [1.807, 2.05) is 23.9 Å². The number of ether oxygens (including phenoxy) is 3. The summed E-state index contributed by atoms with van der Waals surface area (Å²) in [4.78, 5) is 23.5. The lowest BCUT2D eigenvalue weighted by Crippen LogP contribution is -2.52. The molecule has 12 heteroatoms. The minimum Gasteiger partial charge on any atom is -0.495 e. The van der Waals surface area contributed by atoms with Crippen molar-refractivity contribution >= 4 is 57.8 Å². The van der Waals surface area contributed by atoms with Crippen LogP contribution >= 0.6 is 34.5 Å². The Labute approximate surface area is 234 Å². The van der Waals surface area contributed by atoms with E-state index in [0.717, 1.165) is 22.5 Å². The number of halogens is 2. The Kier molecular flexibility index (Phi) is 7.67. The summed E-state index contributed by atoms with van der Waals surface area (Å²) in [5, 5.41) is 11.2. The number of nitrogens with one attached hydrogen (secondary N) is 2. The summed E-state index contributed by atoms with van der Waals surface area (Å²) >= 11 is 15.2. The first-order chi connectivity index (χ1) is 18.4. The van der Waals surface area contributed by atoms with Gasteiger partial charge in [0.05, 0.1) is 56.0 Å². The summed E-state index contributed by atoms with van der Waals surface area (Å²) in [6.07, 6.45) is 3.75. The van der Waals surface area contributed by atoms with Crippen LogP contribution in [0.15, 0.2) is 35.7 Å². The second-order valence-electron chi connectivity index (χ2n) is 8.91. The van der Waals surface area contributed by atoms with Crippen molar-refractivity contribution < 1.29 is 19.0 Å². The molecule has 1 amide bonds. The number of rotatable bonds is 7. The number of hydrogen-bond acceptors (Lipinski definition) is 9. The number of fused-ring (bicyclic) bond motifs is 3. The van der Waals surface area contributed by atoms with E-state index in [4.69, 9.17) is 42.4 Å². The normalized spacial score (nSPS) is 20.2. The van der Waals surface area contributed by atoms with Crippen molar-refractivity contribution in [2.24, 2.45) is 0 Å². The Morgan fingerprint density at radius 3 is 2.66 bits per heavy atom. The Hall–Kier alpha value is -3.05. The molecule has 0 saturated carbocycles. The molecule has 0 spiro atoms. The van der Waals surface area contributed by atoms with Crippen LogP contribution in [0.3, 0.4) is 0 Å². The fourth-order valence-electron chi connectivity index (χ4n) is 4.84. The van der Waals surface area contributed by atoms with E-state index in [1.165, 1.54) is 6.08 Å². The topological polar surface area (TPSA) is 97.8 Å². The highest BCUT2D eigenvalue weighted by Gasteiger charge is 2.36. The van der Waals surface area contributed by atoms with Crippen molar-refractivity contribution in [3.05, 3.63) is 51.3 Å². The van der Waals surface area contributed by atoms with Gasteiger partial charge in [0.25, 0.3) is 0 Å². The number of nitrogens with zero attached hydrogens (tertiary/aromatic N) is 3. The van der Waals surface area contributed by atoms with Gasteiger partial charge in [-0.15, -0.1) is 11.3 Å². The summed E-state index contributed by atoms with van der Waals surface area (Å²) in [6, 6.07) is 1.15. The first-order valence-corrected chi connectivity index (χ1v) is 13.7. The molecule has 0 radical (unpaired) electrons. The predicted molar refractivity (Wildman–Crippen MR) is 150 cm³/mol. The van der Waals surface area contributed by atoms with Crippen LogP contribution < -0.4 is 25.0 Å². The zero-order valence-electron chi connectivity index (χ0n) is 21.1. The average Bonchev–Trinajstić information content (AvgIpc) is 3.41. The molecule has 3 unspecified atom stereocenters. The molecule has 9 nitrogen and oxygen atoms in total. The van der Waals surface area contributed by atoms with Gasteiger partial charge in [0.15, 0.2) is 0 Å². The molecular formula is C26H27Cl2N5O4S. The maximum Gasteiger partial charge on any atom is 0.243 e. The molecule has 2 aromatic heterocycles. The molecule has 2 aliphatic heterocycles. The fraction of sp³-hybridized carbons (Fsp3) is 0.346. The highest BCUT2D eigenvalue weighted by atomic mass is 35.5. The Morgan fingerprint density at radius 1 is 1.24 bits per heavy atom. The molecule has 2 aliphatic rings. The lowest BCUT2D eigenvalue weighted by atomic mass is 9.95. The lowest BCUT2D eigenvalue weighted by molar-refractivity contribution is -0.117. The first kappa shape index (κ1) is 26.6. The number of amides is 1. The van der Waals surface area contributed by atoms with Crippen LogP contribution in [0.5, 0.6) is 11.5 Å². The second kappa shape index (κ2) is 11.0. The minimum absolute atomic E-state index is 0.132. The number of carbonyl (C=O) groups excluding carboxylic acids is 1. The summed E-state index contributed by atoms with van der Waals surface area (Å²) < 4.78 is 16.7. The van der Waals surface area contributed by atoms with E-state index < -0.39 is 0 Å². The number of anilines is 3.